The van der Waals surface area contributed by atoms with Crippen molar-refractivity contribution in [3.05, 3.63) is 59.4 Å². The first kappa shape index (κ1) is 17.2. The zero-order chi connectivity index (χ0) is 16.8. The van der Waals surface area contributed by atoms with Crippen LogP contribution in [-0.4, -0.2) is 25.9 Å². The van der Waals surface area contributed by atoms with Gasteiger partial charge in [0.1, 0.15) is 5.75 Å². The maximum Gasteiger partial charge on any atom is 0.165 e. The van der Waals surface area contributed by atoms with Crippen LogP contribution in [-0.2, 0) is 0 Å². The summed E-state index contributed by atoms with van der Waals surface area (Å²) in [4.78, 5) is 0. The second-order valence-corrected chi connectivity index (χ2v) is 5.31. The van der Waals surface area contributed by atoms with Crippen LogP contribution in [0.15, 0.2) is 42.5 Å². The summed E-state index contributed by atoms with van der Waals surface area (Å²) in [6.45, 7) is 2.28. The Morgan fingerprint density at radius 3 is 2.26 bits per heavy atom. The molecule has 4 nitrogen and oxygen atoms in total. The Labute approximate surface area is 135 Å². The van der Waals surface area contributed by atoms with Gasteiger partial charge in [-0.2, -0.15) is 0 Å². The molecule has 0 aliphatic carbocycles. The topological polar surface area (TPSA) is 50.7 Å². The molecule has 0 spiro atoms. The summed E-state index contributed by atoms with van der Waals surface area (Å²) < 4.78 is 23.7. The Morgan fingerprint density at radius 2 is 1.70 bits per heavy atom. The standard InChI is InChI=1S/C18H22FNO3/c1-12(14-6-9-18(23-3)16(19)10-14)20-11-17(21)13-4-7-15(22-2)8-5-13/h4-10,12,17,20-21H,11H2,1-3H3. The third-order valence-corrected chi connectivity index (χ3v) is 3.79. The fraction of sp³-hybridized carbons (Fsp3) is 0.333. The van der Waals surface area contributed by atoms with Gasteiger partial charge in [0, 0.05) is 12.6 Å². The number of rotatable bonds is 7. The average Bonchev–Trinajstić information content (AvgIpc) is 2.59. The molecule has 23 heavy (non-hydrogen) atoms. The summed E-state index contributed by atoms with van der Waals surface area (Å²) in [5.74, 6) is 0.574. The molecule has 2 unspecified atom stereocenters. The van der Waals surface area contributed by atoms with Crippen molar-refractivity contribution in [2.24, 2.45) is 0 Å². The minimum Gasteiger partial charge on any atom is -0.497 e. The van der Waals surface area contributed by atoms with Gasteiger partial charge in [0.05, 0.1) is 20.3 Å². The van der Waals surface area contributed by atoms with Gasteiger partial charge in [-0.25, -0.2) is 4.39 Å². The molecule has 0 aliphatic rings. The molecule has 0 amide bonds. The van der Waals surface area contributed by atoms with E-state index < -0.39 is 11.9 Å². The third-order valence-electron chi connectivity index (χ3n) is 3.79. The van der Waals surface area contributed by atoms with Crippen LogP contribution in [0.1, 0.15) is 30.2 Å². The van der Waals surface area contributed by atoms with Crippen molar-refractivity contribution in [2.45, 2.75) is 19.1 Å². The summed E-state index contributed by atoms with van der Waals surface area (Å²) in [5, 5.41) is 13.4. The maximum atomic E-state index is 13.7. The van der Waals surface area contributed by atoms with E-state index in [4.69, 9.17) is 9.47 Å². The zero-order valence-electron chi connectivity index (χ0n) is 13.5. The first-order valence-corrected chi connectivity index (χ1v) is 7.44. The van der Waals surface area contributed by atoms with E-state index in [0.29, 0.717) is 6.54 Å². The predicted octanol–water partition coefficient (Wildman–Crippen LogP) is 3.23. The van der Waals surface area contributed by atoms with E-state index >= 15 is 0 Å². The average molecular weight is 319 g/mol. The first-order chi connectivity index (χ1) is 11.0. The van der Waals surface area contributed by atoms with E-state index in [-0.39, 0.29) is 11.8 Å². The largest absolute Gasteiger partial charge is 0.497 e. The molecular formula is C18H22FNO3. The Hall–Kier alpha value is -2.11. The molecule has 0 heterocycles. The molecule has 2 rings (SSSR count). The van der Waals surface area contributed by atoms with Crippen molar-refractivity contribution >= 4 is 0 Å². The fourth-order valence-electron chi connectivity index (χ4n) is 2.30. The summed E-state index contributed by atoms with van der Waals surface area (Å²) in [5.41, 5.74) is 1.59. The summed E-state index contributed by atoms with van der Waals surface area (Å²) in [7, 11) is 3.04. The molecule has 0 saturated carbocycles. The van der Waals surface area contributed by atoms with Gasteiger partial charge in [0.2, 0.25) is 0 Å². The van der Waals surface area contributed by atoms with E-state index in [1.165, 1.54) is 13.2 Å². The van der Waals surface area contributed by atoms with Crippen LogP contribution in [0.4, 0.5) is 4.39 Å². The van der Waals surface area contributed by atoms with Crippen LogP contribution in [0, 0.1) is 5.82 Å². The van der Waals surface area contributed by atoms with Gasteiger partial charge in [0.25, 0.3) is 0 Å². The van der Waals surface area contributed by atoms with Crippen LogP contribution in [0.25, 0.3) is 0 Å². The zero-order valence-corrected chi connectivity index (χ0v) is 13.5. The number of aliphatic hydroxyl groups excluding tert-OH is 1. The van der Waals surface area contributed by atoms with E-state index in [1.807, 2.05) is 19.1 Å². The fourth-order valence-corrected chi connectivity index (χ4v) is 2.30. The van der Waals surface area contributed by atoms with Crippen molar-refractivity contribution in [2.75, 3.05) is 20.8 Å². The third kappa shape index (κ3) is 4.43. The molecule has 2 aromatic carbocycles. The molecule has 0 aliphatic heterocycles. The molecule has 124 valence electrons. The number of benzene rings is 2. The van der Waals surface area contributed by atoms with Crippen molar-refractivity contribution in [1.82, 2.24) is 5.32 Å². The van der Waals surface area contributed by atoms with Crippen molar-refractivity contribution < 1.29 is 19.0 Å². The monoisotopic (exact) mass is 319 g/mol. The van der Waals surface area contributed by atoms with E-state index in [2.05, 4.69) is 5.32 Å². The van der Waals surface area contributed by atoms with E-state index in [1.54, 1.807) is 31.4 Å². The van der Waals surface area contributed by atoms with Crippen LogP contribution in [0.2, 0.25) is 0 Å². The Balaban J connectivity index is 1.94. The predicted molar refractivity (Wildman–Crippen MR) is 87.3 cm³/mol. The number of nitrogens with one attached hydrogen (secondary N) is 1. The highest BCUT2D eigenvalue weighted by Gasteiger charge is 2.12. The first-order valence-electron chi connectivity index (χ1n) is 7.44. The second kappa shape index (κ2) is 7.94. The molecule has 2 aromatic rings. The minimum atomic E-state index is -0.647. The Bertz CT molecular complexity index is 631. The van der Waals surface area contributed by atoms with Gasteiger partial charge in [-0.15, -0.1) is 0 Å². The quantitative estimate of drug-likeness (QED) is 0.823. The van der Waals surface area contributed by atoms with Gasteiger partial charge in [0.15, 0.2) is 11.6 Å². The molecule has 0 aromatic heterocycles. The van der Waals surface area contributed by atoms with Crippen molar-refractivity contribution in [1.29, 1.82) is 0 Å². The SMILES string of the molecule is COc1ccc(C(O)CNC(C)c2ccc(OC)c(F)c2)cc1. The van der Waals surface area contributed by atoms with Crippen LogP contribution < -0.4 is 14.8 Å². The number of ether oxygens (including phenoxy) is 2. The maximum absolute atomic E-state index is 13.7. The number of hydrogen-bond acceptors (Lipinski definition) is 4. The van der Waals surface area contributed by atoms with Crippen LogP contribution >= 0.6 is 0 Å². The van der Waals surface area contributed by atoms with E-state index in [0.717, 1.165) is 16.9 Å². The lowest BCUT2D eigenvalue weighted by molar-refractivity contribution is 0.170. The number of methoxy groups -OCH3 is 2. The summed E-state index contributed by atoms with van der Waals surface area (Å²) >= 11 is 0. The van der Waals surface area contributed by atoms with Crippen molar-refractivity contribution in [3.8, 4) is 11.5 Å². The smallest absolute Gasteiger partial charge is 0.165 e. The lowest BCUT2D eigenvalue weighted by Crippen LogP contribution is -2.24. The number of halogens is 1. The number of aliphatic hydroxyl groups is 1. The highest BCUT2D eigenvalue weighted by atomic mass is 19.1. The molecule has 5 heteroatoms. The highest BCUT2D eigenvalue weighted by Crippen LogP contribution is 2.22. The van der Waals surface area contributed by atoms with Crippen LogP contribution in [0.3, 0.4) is 0 Å². The Kier molecular flexibility index (Phi) is 5.96. The molecular weight excluding hydrogens is 297 g/mol. The van der Waals surface area contributed by atoms with Gasteiger partial charge in [-0.3, -0.25) is 0 Å². The molecule has 0 fully saturated rings. The van der Waals surface area contributed by atoms with Gasteiger partial charge in [-0.1, -0.05) is 18.2 Å². The second-order valence-electron chi connectivity index (χ2n) is 5.31. The molecule has 0 bridgehead atoms. The minimum absolute atomic E-state index is 0.0942. The van der Waals surface area contributed by atoms with Gasteiger partial charge in [-0.05, 0) is 42.3 Å². The highest BCUT2D eigenvalue weighted by molar-refractivity contribution is 5.31. The van der Waals surface area contributed by atoms with Crippen LogP contribution in [0.5, 0.6) is 11.5 Å². The lowest BCUT2D eigenvalue weighted by Gasteiger charge is -2.18. The molecule has 0 radical (unpaired) electrons. The Morgan fingerprint density at radius 1 is 1.04 bits per heavy atom. The molecule has 0 saturated heterocycles. The lowest BCUT2D eigenvalue weighted by atomic mass is 10.1. The van der Waals surface area contributed by atoms with E-state index in [9.17, 15) is 9.50 Å². The normalized spacial score (nSPS) is 13.4. The molecule has 2 atom stereocenters. The molecule has 2 N–H and O–H groups in total. The summed E-state index contributed by atoms with van der Waals surface area (Å²) in [6.07, 6.45) is -0.647. The van der Waals surface area contributed by atoms with Crippen molar-refractivity contribution in [3.63, 3.8) is 0 Å². The number of hydrogen-bond donors (Lipinski definition) is 2. The van der Waals surface area contributed by atoms with Gasteiger partial charge >= 0.3 is 0 Å². The van der Waals surface area contributed by atoms with Gasteiger partial charge < -0.3 is 19.9 Å². The summed E-state index contributed by atoms with van der Waals surface area (Å²) in [6, 6.07) is 12.0.